The minimum atomic E-state index is -0.653. The molecular weight excluding hydrogens is 416 g/mol. The first-order chi connectivity index (χ1) is 15.1. The summed E-state index contributed by atoms with van der Waals surface area (Å²) in [5, 5.41) is 11.5. The second kappa shape index (κ2) is 9.64. The van der Waals surface area contributed by atoms with Crippen LogP contribution in [-0.4, -0.2) is 61.1 Å². The molecule has 1 atom stereocenters. The van der Waals surface area contributed by atoms with Gasteiger partial charge in [0.25, 0.3) is 11.7 Å². The van der Waals surface area contributed by atoms with E-state index in [9.17, 15) is 14.7 Å². The van der Waals surface area contributed by atoms with Gasteiger partial charge in [-0.2, -0.15) is 0 Å². The van der Waals surface area contributed by atoms with Crippen LogP contribution in [0, 0.1) is 0 Å². The smallest absolute Gasteiger partial charge is 0.295 e. The largest absolute Gasteiger partial charge is 0.507 e. The van der Waals surface area contributed by atoms with Crippen LogP contribution in [0.1, 0.15) is 23.6 Å². The molecule has 0 aromatic heterocycles. The van der Waals surface area contributed by atoms with Crippen molar-refractivity contribution in [2.45, 2.75) is 12.5 Å². The quantitative estimate of drug-likeness (QED) is 0.409. The van der Waals surface area contributed by atoms with Crippen LogP contribution in [0.25, 0.3) is 5.76 Å². The van der Waals surface area contributed by atoms with Gasteiger partial charge in [0, 0.05) is 23.6 Å². The fourth-order valence-corrected chi connectivity index (χ4v) is 4.39. The van der Waals surface area contributed by atoms with Crippen molar-refractivity contribution in [3.63, 3.8) is 0 Å². The number of aliphatic hydroxyl groups excluding tert-OH is 1. The number of benzene rings is 2. The highest BCUT2D eigenvalue weighted by molar-refractivity contribution is 6.46. The number of nitrogens with zero attached hydrogens (tertiary/aromatic N) is 1. The Morgan fingerprint density at radius 1 is 1.06 bits per heavy atom. The summed E-state index contributed by atoms with van der Waals surface area (Å²) >= 11 is 5.96. The van der Waals surface area contributed by atoms with E-state index in [2.05, 4.69) is 0 Å². The molecule has 2 fully saturated rings. The van der Waals surface area contributed by atoms with Gasteiger partial charge in [0.15, 0.2) is 0 Å². The first kappa shape index (κ1) is 21.6. The number of carbonyl (C=O) groups excluding carboxylic acids is 2. The molecule has 0 unspecified atom stereocenters. The molecular formula is C24H26ClN2O4+. The molecule has 31 heavy (non-hydrogen) atoms. The lowest BCUT2D eigenvalue weighted by Gasteiger charge is -2.27. The molecule has 0 radical (unpaired) electrons. The second-order valence-corrected chi connectivity index (χ2v) is 8.31. The normalized spacial score (nSPS) is 21.6. The van der Waals surface area contributed by atoms with Gasteiger partial charge >= 0.3 is 0 Å². The van der Waals surface area contributed by atoms with Crippen molar-refractivity contribution >= 4 is 29.1 Å². The Morgan fingerprint density at radius 2 is 1.74 bits per heavy atom. The highest BCUT2D eigenvalue weighted by Gasteiger charge is 2.45. The third-order valence-corrected chi connectivity index (χ3v) is 6.15. The van der Waals surface area contributed by atoms with Crippen molar-refractivity contribution in [3.8, 4) is 0 Å². The molecule has 4 rings (SSSR count). The van der Waals surface area contributed by atoms with E-state index in [-0.39, 0.29) is 11.3 Å². The maximum atomic E-state index is 13.0. The number of carbonyl (C=O) groups is 2. The minimum Gasteiger partial charge on any atom is -0.507 e. The summed E-state index contributed by atoms with van der Waals surface area (Å²) in [5.41, 5.74) is 1.38. The molecule has 2 aliphatic rings. The molecule has 0 spiro atoms. The van der Waals surface area contributed by atoms with Gasteiger partial charge in [-0.05, 0) is 29.8 Å². The van der Waals surface area contributed by atoms with Crippen LogP contribution in [-0.2, 0) is 14.3 Å². The molecule has 0 aliphatic carbocycles. The number of nitrogens with one attached hydrogen (secondary N) is 1. The molecule has 1 amide bonds. The molecule has 2 N–H and O–H groups in total. The first-order valence-electron chi connectivity index (χ1n) is 10.6. The van der Waals surface area contributed by atoms with Crippen LogP contribution in [0.5, 0.6) is 0 Å². The number of hydrogen-bond donors (Lipinski definition) is 2. The number of likely N-dealkylation sites (tertiary alicyclic amines) is 1. The van der Waals surface area contributed by atoms with Crippen LogP contribution in [0.2, 0.25) is 5.02 Å². The van der Waals surface area contributed by atoms with Crippen molar-refractivity contribution in [2.24, 2.45) is 0 Å². The van der Waals surface area contributed by atoms with Crippen molar-refractivity contribution in [1.29, 1.82) is 0 Å². The van der Waals surface area contributed by atoms with Gasteiger partial charge in [0.05, 0.1) is 31.4 Å². The Morgan fingerprint density at radius 3 is 2.42 bits per heavy atom. The number of quaternary nitrogens is 1. The number of morpholine rings is 1. The fourth-order valence-electron chi connectivity index (χ4n) is 4.27. The number of aliphatic hydroxyl groups is 1. The Balaban J connectivity index is 1.64. The van der Waals surface area contributed by atoms with Crippen molar-refractivity contribution < 1.29 is 24.3 Å². The van der Waals surface area contributed by atoms with Crippen molar-refractivity contribution in [2.75, 3.05) is 39.4 Å². The average Bonchev–Trinajstić information content (AvgIpc) is 3.05. The molecule has 2 aliphatic heterocycles. The zero-order valence-electron chi connectivity index (χ0n) is 17.2. The van der Waals surface area contributed by atoms with E-state index < -0.39 is 17.7 Å². The maximum absolute atomic E-state index is 13.0. The monoisotopic (exact) mass is 441 g/mol. The number of amides is 1. The van der Waals surface area contributed by atoms with Crippen LogP contribution in [0.15, 0.2) is 60.2 Å². The molecule has 2 heterocycles. The Kier molecular flexibility index (Phi) is 6.70. The zero-order valence-corrected chi connectivity index (χ0v) is 18.0. The molecule has 2 saturated heterocycles. The summed E-state index contributed by atoms with van der Waals surface area (Å²) in [4.78, 5) is 29.0. The van der Waals surface area contributed by atoms with Crippen LogP contribution < -0.4 is 4.90 Å². The second-order valence-electron chi connectivity index (χ2n) is 7.88. The average molecular weight is 442 g/mol. The summed E-state index contributed by atoms with van der Waals surface area (Å²) in [7, 11) is 0. The zero-order chi connectivity index (χ0) is 21.8. The van der Waals surface area contributed by atoms with E-state index in [1.807, 2.05) is 30.3 Å². The van der Waals surface area contributed by atoms with E-state index >= 15 is 0 Å². The standard InChI is InChI=1S/C24H25ClN2O4/c25-19-9-7-18(8-10-19)22(28)20-21(17-5-2-1-3-6-17)27(24(30)23(20)29)12-4-11-26-13-15-31-16-14-26/h1-3,5-10,21,28H,4,11-16H2/p+1/t21-/m0/s1. The number of rotatable bonds is 6. The van der Waals surface area contributed by atoms with E-state index in [1.165, 1.54) is 4.90 Å². The number of hydrogen-bond acceptors (Lipinski definition) is 4. The molecule has 2 aromatic rings. The molecule has 0 bridgehead atoms. The lowest BCUT2D eigenvalue weighted by Crippen LogP contribution is -3.14. The van der Waals surface area contributed by atoms with Gasteiger partial charge in [-0.1, -0.05) is 41.9 Å². The molecule has 0 saturated carbocycles. The van der Waals surface area contributed by atoms with E-state index in [4.69, 9.17) is 16.3 Å². The predicted molar refractivity (Wildman–Crippen MR) is 118 cm³/mol. The van der Waals surface area contributed by atoms with Gasteiger partial charge in [0.1, 0.15) is 18.8 Å². The Bertz CT molecular complexity index is 969. The molecule has 2 aromatic carbocycles. The number of ether oxygens (including phenoxy) is 1. The summed E-state index contributed by atoms with van der Waals surface area (Å²) in [6.45, 7) is 4.78. The van der Waals surface area contributed by atoms with Crippen LogP contribution in [0.4, 0.5) is 0 Å². The van der Waals surface area contributed by atoms with Gasteiger partial charge < -0.3 is 19.6 Å². The number of Topliss-reactive ketones (excluding diaryl/α,β-unsaturated/α-hetero) is 1. The van der Waals surface area contributed by atoms with Crippen molar-refractivity contribution in [1.82, 2.24) is 4.90 Å². The Hall–Kier alpha value is -2.67. The van der Waals surface area contributed by atoms with E-state index in [0.717, 1.165) is 44.8 Å². The van der Waals surface area contributed by atoms with E-state index in [0.29, 0.717) is 17.1 Å². The number of ketones is 1. The number of halogens is 1. The van der Waals surface area contributed by atoms with Gasteiger partial charge in [-0.15, -0.1) is 0 Å². The van der Waals surface area contributed by atoms with Crippen LogP contribution in [0.3, 0.4) is 0 Å². The van der Waals surface area contributed by atoms with Gasteiger partial charge in [0.2, 0.25) is 0 Å². The minimum absolute atomic E-state index is 0.122. The Labute approximate surface area is 186 Å². The predicted octanol–water partition coefficient (Wildman–Crippen LogP) is 2.07. The fraction of sp³-hybridized carbons (Fsp3) is 0.333. The van der Waals surface area contributed by atoms with Gasteiger partial charge in [-0.25, -0.2) is 0 Å². The summed E-state index contributed by atoms with van der Waals surface area (Å²) in [5.74, 6) is -1.40. The summed E-state index contributed by atoms with van der Waals surface area (Å²) in [6.07, 6.45) is 0.771. The van der Waals surface area contributed by atoms with Gasteiger partial charge in [-0.3, -0.25) is 9.59 Å². The topological polar surface area (TPSA) is 71.3 Å². The SMILES string of the molecule is O=C1C(=O)N(CCC[NH+]2CCOCC2)[C@@H](c2ccccc2)C1=C(O)c1ccc(Cl)cc1. The van der Waals surface area contributed by atoms with Crippen molar-refractivity contribution in [3.05, 3.63) is 76.3 Å². The van der Waals surface area contributed by atoms with Crippen LogP contribution >= 0.6 is 11.6 Å². The third kappa shape index (κ3) is 4.66. The lowest BCUT2D eigenvalue weighted by molar-refractivity contribution is -0.908. The summed E-state index contributed by atoms with van der Waals surface area (Å²) in [6, 6.07) is 15.4. The summed E-state index contributed by atoms with van der Waals surface area (Å²) < 4.78 is 5.40. The molecule has 162 valence electrons. The molecule has 7 heteroatoms. The molecule has 6 nitrogen and oxygen atoms in total. The first-order valence-corrected chi connectivity index (χ1v) is 10.9. The highest BCUT2D eigenvalue weighted by Crippen LogP contribution is 2.39. The highest BCUT2D eigenvalue weighted by atomic mass is 35.5. The lowest BCUT2D eigenvalue weighted by atomic mass is 9.95. The van der Waals surface area contributed by atoms with E-state index in [1.54, 1.807) is 29.2 Å². The maximum Gasteiger partial charge on any atom is 0.295 e. The third-order valence-electron chi connectivity index (χ3n) is 5.90.